The van der Waals surface area contributed by atoms with Gasteiger partial charge in [0.15, 0.2) is 0 Å². The first-order valence-electron chi connectivity index (χ1n) is 4.60. The molecule has 0 aliphatic carbocycles. The molecular weight excluding hydrogens is 311 g/mol. The fraction of sp³-hybridized carbons (Fsp3) is 0.400. The van der Waals surface area contributed by atoms with Crippen LogP contribution in [0.2, 0.25) is 0 Å². The van der Waals surface area contributed by atoms with Crippen LogP contribution in [0.25, 0.3) is 0 Å². The van der Waals surface area contributed by atoms with E-state index in [4.69, 9.17) is 9.47 Å². The molecule has 0 bridgehead atoms. The van der Waals surface area contributed by atoms with Crippen molar-refractivity contribution in [2.75, 3.05) is 26.4 Å². The summed E-state index contributed by atoms with van der Waals surface area (Å²) >= 11 is 0. The number of rotatable bonds is 0. The summed E-state index contributed by atoms with van der Waals surface area (Å²) in [5.74, 6) is -10.0. The Bertz CT molecular complexity index is 347. The Kier molecular flexibility index (Phi) is 8.10. The Hall–Kier alpha value is -0.691. The second-order valence-corrected chi connectivity index (χ2v) is 2.92. The molecule has 0 N–H and O–H groups in total. The second-order valence-electron chi connectivity index (χ2n) is 2.92. The molecule has 1 saturated heterocycles. The van der Waals surface area contributed by atoms with Gasteiger partial charge in [0.25, 0.3) is 0 Å². The Morgan fingerprint density at radius 2 is 1.00 bits per heavy atom. The molecule has 1 fully saturated rings. The molecule has 106 valence electrons. The number of hydrogen-bond donors (Lipinski definition) is 0. The topological polar surface area (TPSA) is 18.5 Å². The molecule has 1 aromatic carbocycles. The molecule has 8 heteroatoms. The average molecular weight is 319 g/mol. The fourth-order valence-corrected chi connectivity index (χ4v) is 0.935. The molecule has 0 saturated carbocycles. The van der Waals surface area contributed by atoms with Crippen LogP contribution in [0.1, 0.15) is 0 Å². The number of benzene rings is 1. The van der Waals surface area contributed by atoms with E-state index in [1.807, 2.05) is 0 Å². The van der Waals surface area contributed by atoms with Crippen LogP contribution < -0.4 is 0 Å². The van der Waals surface area contributed by atoms with Crippen LogP contribution in [0.4, 0.5) is 22.0 Å². The van der Waals surface area contributed by atoms with Crippen molar-refractivity contribution in [3.05, 3.63) is 35.2 Å². The summed E-state index contributed by atoms with van der Waals surface area (Å²) in [5, 5.41) is 0. The van der Waals surface area contributed by atoms with Crippen molar-refractivity contribution in [2.45, 2.75) is 0 Å². The first-order chi connectivity index (χ1) is 8.04. The van der Waals surface area contributed by atoms with E-state index in [-0.39, 0.29) is 17.1 Å². The summed E-state index contributed by atoms with van der Waals surface area (Å²) in [6.07, 6.45) is 0. The third kappa shape index (κ3) is 4.89. The Morgan fingerprint density at radius 1 is 0.667 bits per heavy atom. The van der Waals surface area contributed by atoms with Gasteiger partial charge in [-0.1, -0.05) is 0 Å². The quantitative estimate of drug-likeness (QED) is 0.240. The van der Waals surface area contributed by atoms with Crippen LogP contribution >= 0.6 is 0 Å². The number of hydrogen-bond acceptors (Lipinski definition) is 2. The maximum absolute atomic E-state index is 12.0. The van der Waals surface area contributed by atoms with Crippen LogP contribution in [0.15, 0.2) is 0 Å². The molecule has 0 atom stereocenters. The van der Waals surface area contributed by atoms with Crippen LogP contribution in [-0.2, 0) is 26.5 Å². The third-order valence-corrected chi connectivity index (χ3v) is 1.73. The Morgan fingerprint density at radius 3 is 1.28 bits per heavy atom. The van der Waals surface area contributed by atoms with Crippen LogP contribution in [0.5, 0.6) is 0 Å². The summed E-state index contributed by atoms with van der Waals surface area (Å²) in [5.41, 5.74) is 0. The van der Waals surface area contributed by atoms with Gasteiger partial charge in [0, 0.05) is 0 Å². The molecule has 1 aliphatic heterocycles. The maximum Gasteiger partial charge on any atom is 1.00 e. The fourth-order valence-electron chi connectivity index (χ4n) is 0.935. The number of halogens is 5. The zero-order valence-corrected chi connectivity index (χ0v) is 9.78. The molecular formula is C10H8CuF5O2. The summed E-state index contributed by atoms with van der Waals surface area (Å²) in [6.45, 7) is 3.11. The van der Waals surface area contributed by atoms with Gasteiger partial charge >= 0.3 is 17.1 Å². The molecule has 0 spiro atoms. The zero-order valence-electron chi connectivity index (χ0n) is 8.84. The minimum Gasteiger partial charge on any atom is -0.377 e. The molecule has 1 aromatic rings. The van der Waals surface area contributed by atoms with Crippen LogP contribution in [-0.4, -0.2) is 26.4 Å². The number of ether oxygens (including phenoxy) is 2. The molecule has 18 heavy (non-hydrogen) atoms. The minimum absolute atomic E-state index is 0. The largest absolute Gasteiger partial charge is 1.00 e. The van der Waals surface area contributed by atoms with Gasteiger partial charge in [0.05, 0.1) is 55.5 Å². The van der Waals surface area contributed by atoms with Gasteiger partial charge in [-0.05, 0) is 0 Å². The minimum atomic E-state index is -2.17. The molecule has 0 amide bonds. The molecule has 0 radical (unpaired) electrons. The van der Waals surface area contributed by atoms with Gasteiger partial charge in [-0.3, -0.25) is 8.78 Å². The van der Waals surface area contributed by atoms with E-state index in [0.717, 1.165) is 32.5 Å². The van der Waals surface area contributed by atoms with Crippen molar-refractivity contribution in [3.63, 3.8) is 0 Å². The van der Waals surface area contributed by atoms with Crippen molar-refractivity contribution < 1.29 is 48.5 Å². The Balaban J connectivity index is 0.000000352. The van der Waals surface area contributed by atoms with Gasteiger partial charge in [0.1, 0.15) is 0 Å². The van der Waals surface area contributed by atoms with Gasteiger partial charge in [-0.2, -0.15) is 0 Å². The summed E-state index contributed by atoms with van der Waals surface area (Å²) in [7, 11) is 0. The zero-order chi connectivity index (χ0) is 12.8. The molecule has 2 rings (SSSR count). The predicted octanol–water partition coefficient (Wildman–Crippen LogP) is 2.21. The van der Waals surface area contributed by atoms with Crippen LogP contribution in [0, 0.1) is 35.2 Å². The van der Waals surface area contributed by atoms with E-state index < -0.39 is 29.1 Å². The van der Waals surface area contributed by atoms with Crippen molar-refractivity contribution in [3.8, 4) is 0 Å². The van der Waals surface area contributed by atoms with E-state index in [1.54, 1.807) is 0 Å². The van der Waals surface area contributed by atoms with Crippen molar-refractivity contribution in [2.24, 2.45) is 0 Å². The van der Waals surface area contributed by atoms with Crippen molar-refractivity contribution in [1.82, 2.24) is 0 Å². The van der Waals surface area contributed by atoms with Crippen molar-refractivity contribution >= 4 is 0 Å². The van der Waals surface area contributed by atoms with Gasteiger partial charge < -0.3 is 9.47 Å². The van der Waals surface area contributed by atoms with E-state index in [0.29, 0.717) is 0 Å². The smallest absolute Gasteiger partial charge is 0.377 e. The molecule has 1 aliphatic rings. The van der Waals surface area contributed by atoms with E-state index in [9.17, 15) is 22.0 Å². The molecule has 0 aromatic heterocycles. The summed E-state index contributed by atoms with van der Waals surface area (Å²) in [6, 6.07) is 1.02. The molecule has 1 heterocycles. The molecule has 2 nitrogen and oxygen atoms in total. The maximum atomic E-state index is 12.0. The normalized spacial score (nSPS) is 14.3. The summed E-state index contributed by atoms with van der Waals surface area (Å²) < 4.78 is 69.7. The first kappa shape index (κ1) is 17.3. The Labute approximate surface area is 111 Å². The SMILES string of the molecule is C1COCCO1.Fc1[c-]c(F)c(F)c(F)c1F.[Cu+]. The van der Waals surface area contributed by atoms with E-state index in [2.05, 4.69) is 0 Å². The van der Waals surface area contributed by atoms with E-state index in [1.165, 1.54) is 0 Å². The third-order valence-electron chi connectivity index (χ3n) is 1.73. The monoisotopic (exact) mass is 318 g/mol. The summed E-state index contributed by atoms with van der Waals surface area (Å²) in [4.78, 5) is 0. The van der Waals surface area contributed by atoms with Crippen molar-refractivity contribution in [1.29, 1.82) is 0 Å². The predicted molar refractivity (Wildman–Crippen MR) is 46.7 cm³/mol. The van der Waals surface area contributed by atoms with Gasteiger partial charge in [0.2, 0.25) is 0 Å². The first-order valence-corrected chi connectivity index (χ1v) is 4.60. The average Bonchev–Trinajstić information content (AvgIpc) is 2.37. The van der Waals surface area contributed by atoms with Gasteiger partial charge in [-0.15, -0.1) is 6.07 Å². The standard InChI is InChI=1S/C6F5.C4H8O2.Cu/c7-2-1-3(8)5(10)6(11)4(2)9;1-2-6-4-3-5-1;/h;1-4H2;/q-1;;+1. The molecule has 0 unspecified atom stereocenters. The van der Waals surface area contributed by atoms with E-state index >= 15 is 0 Å². The second kappa shape index (κ2) is 8.42. The van der Waals surface area contributed by atoms with Gasteiger partial charge in [-0.25, -0.2) is 13.2 Å². The van der Waals surface area contributed by atoms with Crippen LogP contribution in [0.3, 0.4) is 0 Å².